The summed E-state index contributed by atoms with van der Waals surface area (Å²) in [4.78, 5) is 49.8. The number of hydrogen-bond acceptors (Lipinski definition) is 9. The first kappa shape index (κ1) is 34.7. The largest absolute Gasteiger partial charge is 0.464 e. The third-order valence-corrected chi connectivity index (χ3v) is 6.28. The Kier molecular flexibility index (Phi) is 17.8. The lowest BCUT2D eigenvalue weighted by Crippen LogP contribution is -2.74. The lowest BCUT2D eigenvalue weighted by atomic mass is 10.0. The average molecular weight is 563 g/mol. The predicted octanol–water partition coefficient (Wildman–Crippen LogP) is 0.458. The maximum atomic E-state index is 12.9. The highest BCUT2D eigenvalue weighted by atomic mass is 16.5. The molecule has 0 spiro atoms. The van der Waals surface area contributed by atoms with Crippen molar-refractivity contribution < 1.29 is 28.7 Å². The summed E-state index contributed by atoms with van der Waals surface area (Å²) in [5.41, 5.74) is 1.33. The molecule has 2 saturated heterocycles. The van der Waals surface area contributed by atoms with Crippen LogP contribution < -0.4 is 10.6 Å². The second-order valence-electron chi connectivity index (χ2n) is 9.21. The minimum atomic E-state index is -0.515. The number of fused-ring (bicyclic) bond motifs is 1. The molecule has 1 aromatic carbocycles. The monoisotopic (exact) mass is 562 g/mol. The number of hydrogen-bond donors (Lipinski definition) is 2. The lowest BCUT2D eigenvalue weighted by molar-refractivity contribution is -0.196. The predicted molar refractivity (Wildman–Crippen MR) is 153 cm³/mol. The van der Waals surface area contributed by atoms with Gasteiger partial charge in [-0.2, -0.15) is 0 Å². The lowest BCUT2D eigenvalue weighted by Gasteiger charge is -2.53. The highest BCUT2D eigenvalue weighted by Gasteiger charge is 2.48. The number of benzene rings is 1. The molecule has 2 fully saturated rings. The van der Waals surface area contributed by atoms with E-state index in [2.05, 4.69) is 34.1 Å². The molecular formula is C28H46N6O6. The molecule has 12 nitrogen and oxygen atoms in total. The fourth-order valence-electron chi connectivity index (χ4n) is 4.44. The maximum absolute atomic E-state index is 12.9. The number of nitrogens with one attached hydrogen (secondary N) is 2. The number of methoxy groups -OCH3 is 1. The Morgan fingerprint density at radius 3 is 2.38 bits per heavy atom. The minimum Gasteiger partial charge on any atom is -0.464 e. The molecule has 0 bridgehead atoms. The van der Waals surface area contributed by atoms with E-state index in [0.717, 1.165) is 32.3 Å². The van der Waals surface area contributed by atoms with Gasteiger partial charge in [0.15, 0.2) is 0 Å². The van der Waals surface area contributed by atoms with Gasteiger partial charge in [-0.15, -0.1) is 0 Å². The molecule has 1 unspecified atom stereocenters. The van der Waals surface area contributed by atoms with Crippen LogP contribution in [0, 0.1) is 0 Å². The van der Waals surface area contributed by atoms with Gasteiger partial charge in [-0.05, 0) is 45.5 Å². The van der Waals surface area contributed by atoms with Crippen molar-refractivity contribution in [2.24, 2.45) is 0 Å². The topological polar surface area (TPSA) is 124 Å². The zero-order valence-corrected chi connectivity index (χ0v) is 24.3. The second kappa shape index (κ2) is 20.6. The third kappa shape index (κ3) is 11.4. The standard InChI is InChI=1S/C16H29N5O4.C8H11N.C4H6O2/c1-17-7-4-6-13-16(24)19(8-5-9-25-3)10-14-20(12-22)18(2)11-15(23)21(13)14;1-9-7-8-5-3-2-4-6-8;1-2-3-6-4-5/h12-14,17H,4-11H2,1-3H3;2-6,9H,7H2,1H3;2,4H,1,3H2/t13-,14?;;/m0../s1. The van der Waals surface area contributed by atoms with E-state index < -0.39 is 12.2 Å². The Morgan fingerprint density at radius 1 is 1.10 bits per heavy atom. The number of ether oxygens (including phenoxy) is 2. The fraction of sp³-hybridized carbons (Fsp3) is 0.571. The molecule has 2 aliphatic rings. The molecule has 2 N–H and O–H groups in total. The Bertz CT molecular complexity index is 881. The van der Waals surface area contributed by atoms with E-state index in [0.29, 0.717) is 39.2 Å². The Hall–Kier alpha value is -3.32. The summed E-state index contributed by atoms with van der Waals surface area (Å²) in [7, 11) is 7.15. The fourth-order valence-corrected chi connectivity index (χ4v) is 4.44. The van der Waals surface area contributed by atoms with Gasteiger partial charge < -0.3 is 29.9 Å². The Balaban J connectivity index is 0.000000434. The van der Waals surface area contributed by atoms with Crippen LogP contribution in [-0.4, -0.2) is 124 Å². The molecule has 224 valence electrons. The number of rotatable bonds is 14. The highest BCUT2D eigenvalue weighted by Crippen LogP contribution is 2.26. The van der Waals surface area contributed by atoms with Crippen molar-refractivity contribution in [1.82, 2.24) is 30.5 Å². The van der Waals surface area contributed by atoms with E-state index in [1.807, 2.05) is 32.3 Å². The van der Waals surface area contributed by atoms with Gasteiger partial charge in [-0.3, -0.25) is 24.2 Å². The van der Waals surface area contributed by atoms with Gasteiger partial charge in [0, 0.05) is 33.9 Å². The number of likely N-dealkylation sites (N-methyl/N-ethyl adjacent to an activating group) is 1. The molecule has 0 aromatic heterocycles. The Morgan fingerprint density at radius 2 is 1.82 bits per heavy atom. The zero-order valence-electron chi connectivity index (χ0n) is 24.3. The molecule has 1 aromatic rings. The van der Waals surface area contributed by atoms with Crippen molar-refractivity contribution in [3.05, 3.63) is 48.6 Å². The van der Waals surface area contributed by atoms with Crippen LogP contribution in [0.4, 0.5) is 0 Å². The summed E-state index contributed by atoms with van der Waals surface area (Å²) in [6.45, 7) is 7.32. The number of carbonyl (C=O) groups is 4. The van der Waals surface area contributed by atoms with E-state index in [-0.39, 0.29) is 18.4 Å². The van der Waals surface area contributed by atoms with E-state index >= 15 is 0 Å². The van der Waals surface area contributed by atoms with Crippen LogP contribution in [0.5, 0.6) is 0 Å². The number of piperazine rings is 1. The van der Waals surface area contributed by atoms with Crippen LogP contribution in [0.15, 0.2) is 43.0 Å². The van der Waals surface area contributed by atoms with Crippen LogP contribution in [0.1, 0.15) is 24.8 Å². The van der Waals surface area contributed by atoms with Gasteiger partial charge in [0.1, 0.15) is 18.8 Å². The summed E-state index contributed by atoms with van der Waals surface area (Å²) < 4.78 is 9.26. The SMILES string of the molecule is C=CCOC=O.CNCCC[C@H]1C(=O)N(CCCOC)CC2N1C(=O)CN(C)N2C=O.CNCc1ccccc1. The molecule has 3 rings (SSSR count). The summed E-state index contributed by atoms with van der Waals surface area (Å²) in [6.07, 6.45) is 3.89. The van der Waals surface area contributed by atoms with Gasteiger partial charge >= 0.3 is 0 Å². The molecule has 0 saturated carbocycles. The van der Waals surface area contributed by atoms with Crippen LogP contribution in [0.2, 0.25) is 0 Å². The molecule has 12 heteroatoms. The summed E-state index contributed by atoms with van der Waals surface area (Å²) >= 11 is 0. The molecule has 0 radical (unpaired) electrons. The summed E-state index contributed by atoms with van der Waals surface area (Å²) in [5.74, 6) is -0.142. The van der Waals surface area contributed by atoms with Crippen molar-refractivity contribution in [2.45, 2.75) is 38.0 Å². The summed E-state index contributed by atoms with van der Waals surface area (Å²) in [5, 5.41) is 9.28. The molecule has 2 atom stereocenters. The number of hydrazine groups is 1. The first-order valence-corrected chi connectivity index (χ1v) is 13.4. The first-order chi connectivity index (χ1) is 19.4. The molecule has 0 aliphatic carbocycles. The molecule has 2 heterocycles. The van der Waals surface area contributed by atoms with Crippen LogP contribution >= 0.6 is 0 Å². The quantitative estimate of drug-likeness (QED) is 0.189. The normalized spacial score (nSPS) is 18.6. The second-order valence-corrected chi connectivity index (χ2v) is 9.21. The van der Waals surface area contributed by atoms with Gasteiger partial charge in [-0.1, -0.05) is 43.0 Å². The van der Waals surface area contributed by atoms with Crippen molar-refractivity contribution in [1.29, 1.82) is 0 Å². The van der Waals surface area contributed by atoms with Crippen molar-refractivity contribution in [2.75, 3.05) is 67.6 Å². The number of amides is 3. The third-order valence-electron chi connectivity index (χ3n) is 6.28. The molecule has 2 aliphatic heterocycles. The van der Waals surface area contributed by atoms with Gasteiger partial charge in [0.25, 0.3) is 6.47 Å². The smallest absolute Gasteiger partial charge is 0.293 e. The molecular weight excluding hydrogens is 516 g/mol. The van der Waals surface area contributed by atoms with Gasteiger partial charge in [0.2, 0.25) is 18.2 Å². The van der Waals surface area contributed by atoms with E-state index in [9.17, 15) is 19.2 Å². The number of carbonyl (C=O) groups excluding carboxylic acids is 4. The Labute approximate surface area is 238 Å². The summed E-state index contributed by atoms with van der Waals surface area (Å²) in [6, 6.07) is 9.82. The maximum Gasteiger partial charge on any atom is 0.293 e. The van der Waals surface area contributed by atoms with Crippen molar-refractivity contribution in [3.8, 4) is 0 Å². The minimum absolute atomic E-state index is 0.0350. The molecule has 40 heavy (non-hydrogen) atoms. The van der Waals surface area contributed by atoms with Gasteiger partial charge in [0.05, 0.1) is 13.1 Å². The van der Waals surface area contributed by atoms with Crippen LogP contribution in [0.25, 0.3) is 0 Å². The molecule has 3 amide bonds. The van der Waals surface area contributed by atoms with Gasteiger partial charge in [-0.25, -0.2) is 5.01 Å². The zero-order chi connectivity index (χ0) is 29.8. The average Bonchev–Trinajstić information content (AvgIpc) is 2.95. The van der Waals surface area contributed by atoms with E-state index in [1.54, 1.807) is 29.0 Å². The van der Waals surface area contributed by atoms with Crippen LogP contribution in [-0.2, 0) is 35.2 Å². The van der Waals surface area contributed by atoms with Crippen molar-refractivity contribution >= 4 is 24.7 Å². The van der Waals surface area contributed by atoms with E-state index in [1.165, 1.54) is 16.6 Å². The first-order valence-electron chi connectivity index (χ1n) is 13.4. The number of nitrogens with zero attached hydrogens (tertiary/aromatic N) is 4. The van der Waals surface area contributed by atoms with Crippen molar-refractivity contribution in [3.63, 3.8) is 0 Å². The van der Waals surface area contributed by atoms with E-state index in [4.69, 9.17) is 4.74 Å². The highest BCUT2D eigenvalue weighted by molar-refractivity contribution is 5.90. The van der Waals surface area contributed by atoms with Crippen LogP contribution in [0.3, 0.4) is 0 Å².